The molecular formula is C18H25N3O. The van der Waals surface area contributed by atoms with Crippen LogP contribution in [0.2, 0.25) is 0 Å². The van der Waals surface area contributed by atoms with Crippen molar-refractivity contribution in [3.8, 4) is 0 Å². The van der Waals surface area contributed by atoms with Gasteiger partial charge in [-0.3, -0.25) is 9.48 Å². The van der Waals surface area contributed by atoms with E-state index in [4.69, 9.17) is 0 Å². The van der Waals surface area contributed by atoms with Crippen molar-refractivity contribution in [3.63, 3.8) is 0 Å². The predicted molar refractivity (Wildman–Crippen MR) is 88.6 cm³/mol. The van der Waals surface area contributed by atoms with Gasteiger partial charge in [0, 0.05) is 11.4 Å². The second kappa shape index (κ2) is 6.11. The van der Waals surface area contributed by atoms with Gasteiger partial charge in [-0.05, 0) is 36.8 Å². The van der Waals surface area contributed by atoms with E-state index in [1.54, 1.807) is 4.68 Å². The molecule has 4 nitrogen and oxygen atoms in total. The smallest absolute Gasteiger partial charge is 0.241 e. The quantitative estimate of drug-likeness (QED) is 0.945. The first-order valence-corrected chi connectivity index (χ1v) is 8.26. The Morgan fingerprint density at radius 3 is 3.00 bits per heavy atom. The van der Waals surface area contributed by atoms with Crippen LogP contribution in [0.1, 0.15) is 38.7 Å². The van der Waals surface area contributed by atoms with Crippen LogP contribution in [-0.4, -0.2) is 21.7 Å². The second-order valence-electron chi connectivity index (χ2n) is 6.81. The number of fused-ring (bicyclic) bond motifs is 1. The van der Waals surface area contributed by atoms with Gasteiger partial charge < -0.3 is 5.32 Å². The third-order valence-electron chi connectivity index (χ3n) is 5.15. The highest BCUT2D eigenvalue weighted by Crippen LogP contribution is 2.29. The lowest BCUT2D eigenvalue weighted by atomic mass is 9.78. The Kier molecular flexibility index (Phi) is 4.19. The topological polar surface area (TPSA) is 46.9 Å². The molecule has 0 saturated heterocycles. The number of nitrogens with zero attached hydrogens (tertiary/aromatic N) is 2. The molecule has 1 saturated carbocycles. The van der Waals surface area contributed by atoms with Crippen molar-refractivity contribution in [2.45, 2.75) is 52.6 Å². The summed E-state index contributed by atoms with van der Waals surface area (Å²) in [5.41, 5.74) is 2.21. The summed E-state index contributed by atoms with van der Waals surface area (Å²) in [6.45, 7) is 6.89. The molecule has 3 atom stereocenters. The van der Waals surface area contributed by atoms with Gasteiger partial charge >= 0.3 is 0 Å². The van der Waals surface area contributed by atoms with E-state index < -0.39 is 0 Å². The molecule has 1 fully saturated rings. The molecule has 1 heterocycles. The van der Waals surface area contributed by atoms with Crippen LogP contribution in [0.15, 0.2) is 24.4 Å². The molecule has 1 aromatic carbocycles. The normalized spacial score (nSPS) is 25.3. The van der Waals surface area contributed by atoms with Crippen LogP contribution in [-0.2, 0) is 11.3 Å². The maximum Gasteiger partial charge on any atom is 0.241 e. The fraction of sp³-hybridized carbons (Fsp3) is 0.556. The zero-order valence-corrected chi connectivity index (χ0v) is 13.7. The molecule has 118 valence electrons. The summed E-state index contributed by atoms with van der Waals surface area (Å²) in [6.07, 6.45) is 5.40. The number of carbonyl (C=O) groups is 1. The van der Waals surface area contributed by atoms with E-state index in [-0.39, 0.29) is 5.91 Å². The summed E-state index contributed by atoms with van der Waals surface area (Å²) >= 11 is 0. The first kappa shape index (κ1) is 15.1. The third-order valence-corrected chi connectivity index (χ3v) is 5.15. The van der Waals surface area contributed by atoms with Crippen molar-refractivity contribution < 1.29 is 4.79 Å². The molecule has 0 aliphatic heterocycles. The van der Waals surface area contributed by atoms with Crippen LogP contribution in [0.5, 0.6) is 0 Å². The fourth-order valence-electron chi connectivity index (χ4n) is 3.48. The molecule has 3 rings (SSSR count). The molecule has 4 heteroatoms. The van der Waals surface area contributed by atoms with Crippen molar-refractivity contribution in [3.05, 3.63) is 30.0 Å². The first-order valence-electron chi connectivity index (χ1n) is 8.26. The second-order valence-corrected chi connectivity index (χ2v) is 6.81. The molecule has 22 heavy (non-hydrogen) atoms. The largest absolute Gasteiger partial charge is 0.351 e. The fourth-order valence-corrected chi connectivity index (χ4v) is 3.48. The average Bonchev–Trinajstić information content (AvgIpc) is 2.86. The van der Waals surface area contributed by atoms with Gasteiger partial charge in [0.1, 0.15) is 6.54 Å². The lowest BCUT2D eigenvalue weighted by molar-refractivity contribution is -0.123. The van der Waals surface area contributed by atoms with Crippen LogP contribution in [0.4, 0.5) is 0 Å². The Labute approximate surface area is 131 Å². The number of aryl methyl sites for hydroxylation is 1. The first-order chi connectivity index (χ1) is 10.5. The van der Waals surface area contributed by atoms with E-state index in [1.807, 2.05) is 6.20 Å². The highest BCUT2D eigenvalue weighted by molar-refractivity contribution is 5.82. The molecule has 1 amide bonds. The molecule has 0 bridgehead atoms. The molecule has 1 N–H and O–H groups in total. The van der Waals surface area contributed by atoms with Gasteiger partial charge in [-0.25, -0.2) is 0 Å². The lowest BCUT2D eigenvalue weighted by Gasteiger charge is -2.34. The summed E-state index contributed by atoms with van der Waals surface area (Å²) in [4.78, 5) is 12.4. The molecule has 0 spiro atoms. The van der Waals surface area contributed by atoms with E-state index >= 15 is 0 Å². The predicted octanol–water partition coefficient (Wildman–Crippen LogP) is 3.29. The van der Waals surface area contributed by atoms with E-state index in [0.717, 1.165) is 17.3 Å². The number of amides is 1. The van der Waals surface area contributed by atoms with Crippen molar-refractivity contribution in [2.75, 3.05) is 0 Å². The summed E-state index contributed by atoms with van der Waals surface area (Å²) < 4.78 is 1.80. The SMILES string of the molecule is Cc1ccc2cnn(CC(=O)N[C@@H]3CCC[C@@H](C)[C@@H]3C)c2c1. The summed E-state index contributed by atoms with van der Waals surface area (Å²) in [5, 5.41) is 8.66. The van der Waals surface area contributed by atoms with E-state index in [1.165, 1.54) is 18.4 Å². The minimum Gasteiger partial charge on any atom is -0.351 e. The molecular weight excluding hydrogens is 274 g/mol. The highest BCUT2D eigenvalue weighted by atomic mass is 16.2. The molecule has 1 aliphatic carbocycles. The average molecular weight is 299 g/mol. The molecule has 0 radical (unpaired) electrons. The number of rotatable bonds is 3. The van der Waals surface area contributed by atoms with E-state index in [9.17, 15) is 4.79 Å². The molecule has 1 aliphatic rings. The summed E-state index contributed by atoms with van der Waals surface area (Å²) in [5.74, 6) is 1.30. The Morgan fingerprint density at radius 2 is 2.18 bits per heavy atom. The van der Waals surface area contributed by atoms with Gasteiger partial charge in [0.25, 0.3) is 0 Å². The van der Waals surface area contributed by atoms with Gasteiger partial charge in [-0.2, -0.15) is 5.10 Å². The zero-order chi connectivity index (χ0) is 15.7. The monoisotopic (exact) mass is 299 g/mol. The number of nitrogens with one attached hydrogen (secondary N) is 1. The molecule has 1 aromatic heterocycles. The number of aromatic nitrogens is 2. The van der Waals surface area contributed by atoms with Crippen molar-refractivity contribution in [1.29, 1.82) is 0 Å². The summed E-state index contributed by atoms with van der Waals surface area (Å²) in [6, 6.07) is 6.51. The van der Waals surface area contributed by atoms with Crippen molar-refractivity contribution >= 4 is 16.8 Å². The van der Waals surface area contributed by atoms with E-state index in [2.05, 4.69) is 49.4 Å². The lowest BCUT2D eigenvalue weighted by Crippen LogP contribution is -2.44. The van der Waals surface area contributed by atoms with Crippen LogP contribution in [0.25, 0.3) is 10.9 Å². The number of hydrogen-bond acceptors (Lipinski definition) is 2. The number of hydrogen-bond donors (Lipinski definition) is 1. The van der Waals surface area contributed by atoms with Gasteiger partial charge in [0.15, 0.2) is 0 Å². The van der Waals surface area contributed by atoms with Crippen LogP contribution >= 0.6 is 0 Å². The van der Waals surface area contributed by atoms with E-state index in [0.29, 0.717) is 24.4 Å². The van der Waals surface area contributed by atoms with Gasteiger partial charge in [0.05, 0.1) is 11.7 Å². The number of carbonyl (C=O) groups excluding carboxylic acids is 1. The van der Waals surface area contributed by atoms with Crippen molar-refractivity contribution in [2.24, 2.45) is 11.8 Å². The Hall–Kier alpha value is -1.84. The zero-order valence-electron chi connectivity index (χ0n) is 13.7. The standard InChI is InChI=1S/C18H25N3O/c1-12-7-8-15-10-19-21(17(15)9-12)11-18(22)20-16-6-4-5-13(2)14(16)3/h7-10,13-14,16H,4-6,11H2,1-3H3,(H,20,22)/t13-,14+,16-/m1/s1. The van der Waals surface area contributed by atoms with Gasteiger partial charge in [0.2, 0.25) is 5.91 Å². The Balaban J connectivity index is 1.69. The van der Waals surface area contributed by atoms with Gasteiger partial charge in [-0.1, -0.05) is 38.8 Å². The molecule has 0 unspecified atom stereocenters. The number of benzene rings is 1. The van der Waals surface area contributed by atoms with Crippen molar-refractivity contribution in [1.82, 2.24) is 15.1 Å². The van der Waals surface area contributed by atoms with Gasteiger partial charge in [-0.15, -0.1) is 0 Å². The molecule has 2 aromatic rings. The third kappa shape index (κ3) is 3.01. The minimum atomic E-state index is 0.0671. The highest BCUT2D eigenvalue weighted by Gasteiger charge is 2.28. The Morgan fingerprint density at radius 1 is 1.36 bits per heavy atom. The maximum atomic E-state index is 12.4. The van der Waals surface area contributed by atoms with Crippen LogP contribution in [0, 0.1) is 18.8 Å². The summed E-state index contributed by atoms with van der Waals surface area (Å²) in [7, 11) is 0. The Bertz CT molecular complexity index is 676. The van der Waals surface area contributed by atoms with Crippen LogP contribution < -0.4 is 5.32 Å². The maximum absolute atomic E-state index is 12.4. The minimum absolute atomic E-state index is 0.0671. The van der Waals surface area contributed by atoms with Crippen LogP contribution in [0.3, 0.4) is 0 Å².